The topological polar surface area (TPSA) is 83.8 Å². The number of rotatable bonds is 4. The molecule has 8 heteroatoms. The molecule has 7 nitrogen and oxygen atoms in total. The zero-order valence-corrected chi connectivity index (χ0v) is 13.7. The van der Waals surface area contributed by atoms with Gasteiger partial charge >= 0.3 is 0 Å². The van der Waals surface area contributed by atoms with Crippen LogP contribution in [-0.4, -0.2) is 54.8 Å². The number of piperazine rings is 1. The van der Waals surface area contributed by atoms with E-state index in [0.29, 0.717) is 19.1 Å². The van der Waals surface area contributed by atoms with Gasteiger partial charge in [0.15, 0.2) is 0 Å². The van der Waals surface area contributed by atoms with Gasteiger partial charge in [-0.15, -0.1) is 0 Å². The van der Waals surface area contributed by atoms with Gasteiger partial charge in [-0.2, -0.15) is 4.31 Å². The maximum atomic E-state index is 12.6. The first-order valence-electron chi connectivity index (χ1n) is 7.97. The normalized spacial score (nSPS) is 21.6. The van der Waals surface area contributed by atoms with Crippen LogP contribution in [0, 0.1) is 10.1 Å². The second-order valence-electron chi connectivity index (χ2n) is 6.13. The Hall–Kier alpha value is -1.51. The van der Waals surface area contributed by atoms with Gasteiger partial charge in [0.1, 0.15) is 0 Å². The second kappa shape index (κ2) is 6.54. The van der Waals surface area contributed by atoms with Crippen molar-refractivity contribution in [2.24, 2.45) is 0 Å². The fraction of sp³-hybridized carbons (Fsp3) is 0.600. The lowest BCUT2D eigenvalue weighted by atomic mass is 10.2. The van der Waals surface area contributed by atoms with Crippen molar-refractivity contribution in [3.63, 3.8) is 0 Å². The van der Waals surface area contributed by atoms with E-state index in [1.165, 1.54) is 54.3 Å². The average Bonchev–Trinajstić information content (AvgIpc) is 3.09. The molecule has 1 aliphatic carbocycles. The van der Waals surface area contributed by atoms with E-state index in [1.54, 1.807) is 0 Å². The number of hydrogen-bond acceptors (Lipinski definition) is 5. The van der Waals surface area contributed by atoms with Crippen LogP contribution < -0.4 is 0 Å². The van der Waals surface area contributed by atoms with Crippen LogP contribution in [-0.2, 0) is 10.0 Å². The molecule has 0 spiro atoms. The van der Waals surface area contributed by atoms with E-state index >= 15 is 0 Å². The van der Waals surface area contributed by atoms with Crippen molar-refractivity contribution < 1.29 is 13.3 Å². The summed E-state index contributed by atoms with van der Waals surface area (Å²) < 4.78 is 26.8. The van der Waals surface area contributed by atoms with Gasteiger partial charge in [0, 0.05) is 44.4 Å². The fourth-order valence-corrected chi connectivity index (χ4v) is 4.89. The van der Waals surface area contributed by atoms with Crippen molar-refractivity contribution in [1.29, 1.82) is 0 Å². The Morgan fingerprint density at radius 3 is 2.09 bits per heavy atom. The predicted molar refractivity (Wildman–Crippen MR) is 85.7 cm³/mol. The molecule has 2 fully saturated rings. The number of nitro groups is 1. The van der Waals surface area contributed by atoms with Gasteiger partial charge in [0.25, 0.3) is 5.69 Å². The number of benzene rings is 1. The van der Waals surface area contributed by atoms with Crippen LogP contribution in [0.15, 0.2) is 29.2 Å². The molecule has 1 heterocycles. The maximum absolute atomic E-state index is 12.6. The van der Waals surface area contributed by atoms with Crippen LogP contribution in [0.4, 0.5) is 5.69 Å². The summed E-state index contributed by atoms with van der Waals surface area (Å²) in [6.45, 7) is 2.49. The lowest BCUT2D eigenvalue weighted by Crippen LogP contribution is -2.51. The molecule has 0 N–H and O–H groups in total. The summed E-state index contributed by atoms with van der Waals surface area (Å²) >= 11 is 0. The Kier molecular flexibility index (Phi) is 4.65. The summed E-state index contributed by atoms with van der Waals surface area (Å²) in [7, 11) is -3.57. The molecule has 0 bridgehead atoms. The molecule has 0 aromatic heterocycles. The molecule has 1 aromatic rings. The summed E-state index contributed by atoms with van der Waals surface area (Å²) in [5.74, 6) is 0. The minimum absolute atomic E-state index is 0.102. The van der Waals surface area contributed by atoms with Crippen LogP contribution >= 0.6 is 0 Å². The van der Waals surface area contributed by atoms with Gasteiger partial charge in [-0.3, -0.25) is 15.0 Å². The van der Waals surface area contributed by atoms with E-state index in [-0.39, 0.29) is 10.6 Å². The zero-order chi connectivity index (χ0) is 16.4. The smallest absolute Gasteiger partial charge is 0.269 e. The lowest BCUT2D eigenvalue weighted by molar-refractivity contribution is -0.384. The van der Waals surface area contributed by atoms with Crippen molar-refractivity contribution in [2.45, 2.75) is 36.6 Å². The third-order valence-corrected chi connectivity index (χ3v) is 6.71. The molecule has 1 saturated carbocycles. The van der Waals surface area contributed by atoms with Gasteiger partial charge < -0.3 is 0 Å². The Bertz CT molecular complexity index is 660. The summed E-state index contributed by atoms with van der Waals surface area (Å²) in [6, 6.07) is 5.72. The molecule has 1 aliphatic heterocycles. The number of hydrogen-bond donors (Lipinski definition) is 0. The van der Waals surface area contributed by atoms with E-state index in [0.717, 1.165) is 13.1 Å². The molecule has 0 amide bonds. The van der Waals surface area contributed by atoms with Crippen molar-refractivity contribution >= 4 is 15.7 Å². The molecular weight excluding hydrogens is 318 g/mol. The van der Waals surface area contributed by atoms with E-state index in [1.807, 2.05) is 0 Å². The first-order chi connectivity index (χ1) is 11.0. The average molecular weight is 339 g/mol. The van der Waals surface area contributed by atoms with Crippen molar-refractivity contribution in [1.82, 2.24) is 9.21 Å². The minimum atomic E-state index is -3.57. The number of non-ortho nitro benzene ring substituents is 1. The van der Waals surface area contributed by atoms with Gasteiger partial charge in [0.05, 0.1) is 9.82 Å². The van der Waals surface area contributed by atoms with E-state index in [4.69, 9.17) is 0 Å². The number of sulfonamides is 1. The second-order valence-corrected chi connectivity index (χ2v) is 8.07. The van der Waals surface area contributed by atoms with Crippen molar-refractivity contribution in [2.75, 3.05) is 26.2 Å². The van der Waals surface area contributed by atoms with E-state index in [9.17, 15) is 18.5 Å². The first-order valence-corrected chi connectivity index (χ1v) is 9.41. The summed E-state index contributed by atoms with van der Waals surface area (Å²) in [6.07, 6.45) is 4.97. The molecule has 0 radical (unpaired) electrons. The summed E-state index contributed by atoms with van der Waals surface area (Å²) in [5.41, 5.74) is -0.102. The SMILES string of the molecule is O=[N+]([O-])c1ccc(S(=O)(=O)N2CCN(C3CCCC3)CC2)cc1. The lowest BCUT2D eigenvalue weighted by Gasteiger charge is -2.37. The fourth-order valence-electron chi connectivity index (χ4n) is 3.47. The van der Waals surface area contributed by atoms with Crippen LogP contribution in [0.2, 0.25) is 0 Å². The largest absolute Gasteiger partial charge is 0.298 e. The molecule has 126 valence electrons. The monoisotopic (exact) mass is 339 g/mol. The number of nitrogens with zero attached hydrogens (tertiary/aromatic N) is 3. The van der Waals surface area contributed by atoms with Crippen molar-refractivity contribution in [3.05, 3.63) is 34.4 Å². The molecule has 0 atom stereocenters. The van der Waals surface area contributed by atoms with Gasteiger partial charge in [-0.25, -0.2) is 8.42 Å². The highest BCUT2D eigenvalue weighted by Gasteiger charge is 2.32. The van der Waals surface area contributed by atoms with Crippen molar-refractivity contribution in [3.8, 4) is 0 Å². The number of nitro benzene ring substituents is 1. The summed E-state index contributed by atoms with van der Waals surface area (Å²) in [5, 5.41) is 10.7. The highest BCUT2D eigenvalue weighted by Crippen LogP contribution is 2.26. The minimum Gasteiger partial charge on any atom is -0.298 e. The van der Waals surface area contributed by atoms with Gasteiger partial charge in [0.2, 0.25) is 10.0 Å². The third kappa shape index (κ3) is 3.39. The summed E-state index contributed by atoms with van der Waals surface area (Å²) in [4.78, 5) is 12.7. The standard InChI is InChI=1S/C15H21N3O4S/c19-18(20)14-5-7-15(8-6-14)23(21,22)17-11-9-16(10-12-17)13-3-1-2-4-13/h5-8,13H,1-4,9-12H2. The first kappa shape index (κ1) is 16.4. The molecule has 1 aromatic carbocycles. The highest BCUT2D eigenvalue weighted by atomic mass is 32.2. The van der Waals surface area contributed by atoms with Gasteiger partial charge in [-0.1, -0.05) is 12.8 Å². The van der Waals surface area contributed by atoms with Crippen LogP contribution in [0.1, 0.15) is 25.7 Å². The molecule has 23 heavy (non-hydrogen) atoms. The maximum Gasteiger partial charge on any atom is 0.269 e. The molecule has 0 unspecified atom stereocenters. The zero-order valence-electron chi connectivity index (χ0n) is 12.9. The molecular formula is C15H21N3O4S. The molecule has 1 saturated heterocycles. The van der Waals surface area contributed by atoms with Gasteiger partial charge in [-0.05, 0) is 25.0 Å². The predicted octanol–water partition coefficient (Wildman–Crippen LogP) is 1.84. The third-order valence-electron chi connectivity index (χ3n) is 4.80. The van der Waals surface area contributed by atoms with E-state index in [2.05, 4.69) is 4.90 Å². The Balaban J connectivity index is 1.67. The Morgan fingerprint density at radius 2 is 1.57 bits per heavy atom. The highest BCUT2D eigenvalue weighted by molar-refractivity contribution is 7.89. The van der Waals surface area contributed by atoms with E-state index < -0.39 is 14.9 Å². The van der Waals surface area contributed by atoms with Crippen LogP contribution in [0.3, 0.4) is 0 Å². The molecule has 2 aliphatic rings. The van der Waals surface area contributed by atoms with Crippen LogP contribution in [0.5, 0.6) is 0 Å². The molecule has 3 rings (SSSR count). The van der Waals surface area contributed by atoms with Crippen LogP contribution in [0.25, 0.3) is 0 Å². The Labute approximate surface area is 136 Å². The Morgan fingerprint density at radius 1 is 1.00 bits per heavy atom. The quantitative estimate of drug-likeness (QED) is 0.617.